The van der Waals surface area contributed by atoms with Crippen LogP contribution in [0.15, 0.2) is 12.1 Å². The lowest BCUT2D eigenvalue weighted by Gasteiger charge is -2.63. The van der Waals surface area contributed by atoms with E-state index in [4.69, 9.17) is 4.74 Å². The van der Waals surface area contributed by atoms with Crippen LogP contribution in [-0.4, -0.2) is 52.6 Å². The number of likely N-dealkylation sites (N-methyl/N-ethyl adjacent to an activating group) is 1. The summed E-state index contributed by atoms with van der Waals surface area (Å²) < 4.78 is 6.29. The van der Waals surface area contributed by atoms with Gasteiger partial charge in [-0.1, -0.05) is 12.1 Å². The van der Waals surface area contributed by atoms with Gasteiger partial charge >= 0.3 is 0 Å². The second kappa shape index (κ2) is 3.86. The lowest BCUT2D eigenvalue weighted by atomic mass is 9.48. The van der Waals surface area contributed by atoms with Crippen LogP contribution in [0.3, 0.4) is 0 Å². The van der Waals surface area contributed by atoms with E-state index < -0.39 is 17.1 Å². The Morgan fingerprint density at radius 1 is 1.32 bits per heavy atom. The van der Waals surface area contributed by atoms with Gasteiger partial charge in [0.1, 0.15) is 11.9 Å². The fourth-order valence-electron chi connectivity index (χ4n) is 5.87. The average molecular weight is 301 g/mol. The highest BCUT2D eigenvalue weighted by atomic mass is 16.5. The van der Waals surface area contributed by atoms with Gasteiger partial charge in [0.2, 0.25) is 0 Å². The molecule has 2 bridgehead atoms. The van der Waals surface area contributed by atoms with Gasteiger partial charge in [-0.05, 0) is 57.3 Å². The van der Waals surface area contributed by atoms with E-state index in [0.717, 1.165) is 30.7 Å². The molecule has 4 heteroatoms. The van der Waals surface area contributed by atoms with E-state index in [1.54, 1.807) is 0 Å². The maximum Gasteiger partial charge on any atom is 0.137 e. The summed E-state index contributed by atoms with van der Waals surface area (Å²) in [6, 6.07) is 4.45. The number of aliphatic hydroxyl groups excluding tert-OH is 1. The quantitative estimate of drug-likeness (QED) is 0.754. The highest BCUT2D eigenvalue weighted by molar-refractivity contribution is 5.60. The second-order valence-corrected chi connectivity index (χ2v) is 7.74. The van der Waals surface area contributed by atoms with Crippen LogP contribution in [0.4, 0.5) is 0 Å². The molecule has 22 heavy (non-hydrogen) atoms. The van der Waals surface area contributed by atoms with Gasteiger partial charge in [-0.25, -0.2) is 0 Å². The molecule has 1 saturated carbocycles. The second-order valence-electron chi connectivity index (χ2n) is 7.74. The van der Waals surface area contributed by atoms with E-state index in [-0.39, 0.29) is 12.1 Å². The molecule has 2 N–H and O–H groups in total. The fraction of sp³-hybridized carbons (Fsp3) is 0.667. The van der Waals surface area contributed by atoms with Gasteiger partial charge in [0.05, 0.1) is 17.1 Å². The Kier molecular flexibility index (Phi) is 2.34. The summed E-state index contributed by atoms with van der Waals surface area (Å²) in [4.78, 5) is 2.31. The third kappa shape index (κ3) is 1.20. The molecule has 2 aliphatic carbocycles. The summed E-state index contributed by atoms with van der Waals surface area (Å²) in [5.41, 5.74) is 2.43. The van der Waals surface area contributed by atoms with Crippen LogP contribution in [-0.2, 0) is 11.8 Å². The highest BCUT2D eigenvalue weighted by Crippen LogP contribution is 2.64. The number of benzene rings is 1. The molecule has 2 aliphatic heterocycles. The van der Waals surface area contributed by atoms with E-state index in [0.29, 0.717) is 12.8 Å². The Labute approximate surface area is 130 Å². The van der Waals surface area contributed by atoms with Crippen LogP contribution >= 0.6 is 0 Å². The average Bonchev–Trinajstić information content (AvgIpc) is 2.85. The summed E-state index contributed by atoms with van der Waals surface area (Å²) >= 11 is 0. The lowest BCUT2D eigenvalue weighted by Crippen LogP contribution is -2.76. The first-order chi connectivity index (χ1) is 10.5. The van der Waals surface area contributed by atoms with E-state index in [1.165, 1.54) is 11.1 Å². The number of likely N-dealkylation sites (tertiary alicyclic amines) is 1. The van der Waals surface area contributed by atoms with Crippen molar-refractivity contribution in [2.45, 2.75) is 61.9 Å². The van der Waals surface area contributed by atoms with Crippen molar-refractivity contribution in [3.05, 3.63) is 28.8 Å². The van der Waals surface area contributed by atoms with E-state index in [1.807, 2.05) is 0 Å². The highest BCUT2D eigenvalue weighted by Gasteiger charge is 2.72. The molecule has 0 aromatic heterocycles. The first-order valence-electron chi connectivity index (χ1n) is 8.39. The van der Waals surface area contributed by atoms with E-state index in [9.17, 15) is 10.2 Å². The van der Waals surface area contributed by atoms with Crippen molar-refractivity contribution < 1.29 is 14.9 Å². The molecule has 0 amide bonds. The molecule has 118 valence electrons. The smallest absolute Gasteiger partial charge is 0.137 e. The molecule has 2 heterocycles. The molecule has 2 fully saturated rings. The van der Waals surface area contributed by atoms with E-state index >= 15 is 0 Å². The van der Waals surface area contributed by atoms with Gasteiger partial charge in [0.15, 0.2) is 0 Å². The Hall–Kier alpha value is -1.10. The Morgan fingerprint density at radius 2 is 2.14 bits per heavy atom. The number of hydrogen-bond donors (Lipinski definition) is 2. The third-order valence-electron chi connectivity index (χ3n) is 6.92. The van der Waals surface area contributed by atoms with Gasteiger partial charge in [-0.15, -0.1) is 0 Å². The van der Waals surface area contributed by atoms with Gasteiger partial charge in [0, 0.05) is 11.6 Å². The van der Waals surface area contributed by atoms with Crippen molar-refractivity contribution in [2.75, 3.05) is 13.6 Å². The monoisotopic (exact) mass is 301 g/mol. The number of rotatable bonds is 0. The van der Waals surface area contributed by atoms with E-state index in [2.05, 4.69) is 31.0 Å². The number of aryl methyl sites for hydroxylation is 1. The molecule has 1 aromatic rings. The summed E-state index contributed by atoms with van der Waals surface area (Å²) in [6.07, 6.45) is 2.25. The summed E-state index contributed by atoms with van der Waals surface area (Å²) in [6.45, 7) is 3.02. The number of hydrogen-bond acceptors (Lipinski definition) is 4. The predicted octanol–water partition coefficient (Wildman–Crippen LogP) is 1.14. The Morgan fingerprint density at radius 3 is 2.95 bits per heavy atom. The predicted molar refractivity (Wildman–Crippen MR) is 82.2 cm³/mol. The van der Waals surface area contributed by atoms with Gasteiger partial charge in [0.25, 0.3) is 0 Å². The topological polar surface area (TPSA) is 52.9 Å². The largest absolute Gasteiger partial charge is 0.486 e. The zero-order valence-corrected chi connectivity index (χ0v) is 13.2. The van der Waals surface area contributed by atoms with Crippen molar-refractivity contribution >= 4 is 0 Å². The van der Waals surface area contributed by atoms with Crippen LogP contribution in [0.2, 0.25) is 0 Å². The number of piperidine rings is 1. The SMILES string of the molecule is Cc1ccc2c3c1O[C@@H]1C(O)CC[C@]4(O)[C@H](C2)N(C)CC[C@@]314. The molecule has 0 radical (unpaired) electrons. The minimum Gasteiger partial charge on any atom is -0.486 e. The van der Waals surface area contributed by atoms with Gasteiger partial charge < -0.3 is 19.8 Å². The summed E-state index contributed by atoms with van der Waals surface area (Å²) in [7, 11) is 2.12. The van der Waals surface area contributed by atoms with Crippen molar-refractivity contribution in [1.29, 1.82) is 0 Å². The van der Waals surface area contributed by atoms with Gasteiger partial charge in [-0.2, -0.15) is 0 Å². The number of ether oxygens (including phenoxy) is 1. The molecular formula is C18H23NO3. The number of nitrogens with zero attached hydrogens (tertiary/aromatic N) is 1. The first kappa shape index (κ1) is 13.3. The van der Waals surface area contributed by atoms with Crippen LogP contribution in [0.25, 0.3) is 0 Å². The number of aliphatic hydroxyl groups is 2. The minimum atomic E-state index is -0.782. The zero-order chi connectivity index (χ0) is 15.3. The zero-order valence-electron chi connectivity index (χ0n) is 13.2. The molecule has 5 atom stereocenters. The molecule has 1 spiro atoms. The van der Waals surface area contributed by atoms with Gasteiger partial charge in [-0.3, -0.25) is 0 Å². The normalized spacial score (nSPS) is 45.4. The minimum absolute atomic E-state index is 0.126. The van der Waals surface area contributed by atoms with Crippen molar-refractivity contribution in [3.8, 4) is 5.75 Å². The van der Waals surface area contributed by atoms with Crippen LogP contribution in [0, 0.1) is 6.92 Å². The van der Waals surface area contributed by atoms with Crippen LogP contribution in [0.1, 0.15) is 36.0 Å². The van der Waals surface area contributed by atoms with Crippen LogP contribution in [0.5, 0.6) is 5.75 Å². The molecular weight excluding hydrogens is 278 g/mol. The molecule has 1 saturated heterocycles. The maximum atomic E-state index is 11.8. The molecule has 4 aliphatic rings. The first-order valence-corrected chi connectivity index (χ1v) is 8.39. The van der Waals surface area contributed by atoms with Crippen molar-refractivity contribution in [2.24, 2.45) is 0 Å². The molecule has 1 unspecified atom stereocenters. The Balaban J connectivity index is 1.86. The van der Waals surface area contributed by atoms with Crippen molar-refractivity contribution in [1.82, 2.24) is 4.90 Å². The summed E-state index contributed by atoms with van der Waals surface area (Å²) in [5.74, 6) is 0.935. The van der Waals surface area contributed by atoms with Crippen molar-refractivity contribution in [3.63, 3.8) is 0 Å². The lowest BCUT2D eigenvalue weighted by molar-refractivity contribution is -0.204. The molecule has 1 aromatic carbocycles. The molecule has 5 rings (SSSR count). The fourth-order valence-corrected chi connectivity index (χ4v) is 5.87. The standard InChI is InChI=1S/C18H23NO3/c1-10-3-4-11-9-13-18(21)6-5-12(20)16-17(18,7-8-19(13)2)14(11)15(10)22-16/h3-4,12-13,16,20-21H,5-9H2,1-2H3/t12?,13-,16+,17+,18-/m0/s1. The molecule has 4 nitrogen and oxygen atoms in total. The summed E-state index contributed by atoms with van der Waals surface area (Å²) in [5, 5.41) is 22.4. The van der Waals surface area contributed by atoms with Crippen LogP contribution < -0.4 is 4.74 Å². The third-order valence-corrected chi connectivity index (χ3v) is 6.92. The Bertz CT molecular complexity index is 675. The maximum absolute atomic E-state index is 11.8.